The Bertz CT molecular complexity index is 586. The van der Waals surface area contributed by atoms with Gasteiger partial charge in [-0.2, -0.15) is 0 Å². The molecule has 2 amide bonds. The highest BCUT2D eigenvalue weighted by atomic mass is 79.9. The number of carbonyl (C=O) groups is 2. The lowest BCUT2D eigenvalue weighted by molar-refractivity contribution is -0.125. The Hall–Kier alpha value is -1.40. The van der Waals surface area contributed by atoms with E-state index in [1.165, 1.54) is 0 Å². The minimum absolute atomic E-state index is 0.00722. The van der Waals surface area contributed by atoms with Crippen molar-refractivity contribution in [2.24, 2.45) is 11.8 Å². The van der Waals surface area contributed by atoms with Crippen LogP contribution in [0.3, 0.4) is 0 Å². The SMILES string of the molecule is Cc1cc(Br)ccc1NC(=O)CNC(=O)CC(C)C1CCNCC1. The minimum atomic E-state index is -0.205. The third kappa shape index (κ3) is 5.91. The zero-order chi connectivity index (χ0) is 17.5. The first kappa shape index (κ1) is 18.9. The molecule has 0 radical (unpaired) electrons. The van der Waals surface area contributed by atoms with E-state index in [0.29, 0.717) is 18.3 Å². The Morgan fingerprint density at radius 2 is 2.00 bits per heavy atom. The summed E-state index contributed by atoms with van der Waals surface area (Å²) in [4.78, 5) is 24.0. The number of carbonyl (C=O) groups excluding carboxylic acids is 2. The highest BCUT2D eigenvalue weighted by Crippen LogP contribution is 2.24. The molecule has 1 aromatic carbocycles. The molecule has 1 heterocycles. The third-order valence-electron chi connectivity index (χ3n) is 4.60. The van der Waals surface area contributed by atoms with E-state index < -0.39 is 0 Å². The maximum absolute atomic E-state index is 12.1. The molecule has 0 spiro atoms. The van der Waals surface area contributed by atoms with E-state index in [1.807, 2.05) is 25.1 Å². The summed E-state index contributed by atoms with van der Waals surface area (Å²) >= 11 is 3.39. The summed E-state index contributed by atoms with van der Waals surface area (Å²) in [6.07, 6.45) is 2.73. The fraction of sp³-hybridized carbons (Fsp3) is 0.556. The Labute approximate surface area is 152 Å². The number of piperidine rings is 1. The van der Waals surface area contributed by atoms with Crippen LogP contribution in [-0.4, -0.2) is 31.4 Å². The van der Waals surface area contributed by atoms with Gasteiger partial charge in [0.05, 0.1) is 6.54 Å². The van der Waals surface area contributed by atoms with Crippen molar-refractivity contribution in [1.82, 2.24) is 10.6 Å². The number of hydrogen-bond acceptors (Lipinski definition) is 3. The van der Waals surface area contributed by atoms with Gasteiger partial charge >= 0.3 is 0 Å². The molecule has 0 saturated carbocycles. The summed E-state index contributed by atoms with van der Waals surface area (Å²) in [5.41, 5.74) is 1.74. The van der Waals surface area contributed by atoms with Crippen molar-refractivity contribution in [2.45, 2.75) is 33.1 Å². The number of halogens is 1. The van der Waals surface area contributed by atoms with Gasteiger partial charge in [0.1, 0.15) is 0 Å². The number of hydrogen-bond donors (Lipinski definition) is 3. The fourth-order valence-electron chi connectivity index (χ4n) is 3.09. The van der Waals surface area contributed by atoms with E-state index in [-0.39, 0.29) is 18.4 Å². The highest BCUT2D eigenvalue weighted by molar-refractivity contribution is 9.10. The molecule has 1 atom stereocenters. The number of anilines is 1. The second-order valence-electron chi connectivity index (χ2n) is 6.55. The zero-order valence-electron chi connectivity index (χ0n) is 14.3. The Morgan fingerprint density at radius 3 is 2.67 bits per heavy atom. The molecule has 0 bridgehead atoms. The second kappa shape index (κ2) is 9.18. The molecule has 3 N–H and O–H groups in total. The fourth-order valence-corrected chi connectivity index (χ4v) is 3.56. The van der Waals surface area contributed by atoms with Crippen LogP contribution in [0.15, 0.2) is 22.7 Å². The molecule has 1 aliphatic rings. The van der Waals surface area contributed by atoms with Crippen molar-refractivity contribution in [2.75, 3.05) is 25.0 Å². The molecule has 0 aliphatic carbocycles. The molecule has 2 rings (SSSR count). The largest absolute Gasteiger partial charge is 0.347 e. The van der Waals surface area contributed by atoms with Crippen LogP contribution >= 0.6 is 15.9 Å². The predicted molar refractivity (Wildman–Crippen MR) is 99.9 cm³/mol. The molecular weight excluding hydrogens is 370 g/mol. The zero-order valence-corrected chi connectivity index (χ0v) is 15.9. The molecule has 5 nitrogen and oxygen atoms in total. The summed E-state index contributed by atoms with van der Waals surface area (Å²) in [5.74, 6) is 0.687. The van der Waals surface area contributed by atoms with Gasteiger partial charge in [0.2, 0.25) is 11.8 Å². The summed E-state index contributed by atoms with van der Waals surface area (Å²) < 4.78 is 0.971. The Balaban J connectivity index is 1.73. The Kier molecular flexibility index (Phi) is 7.24. The molecule has 24 heavy (non-hydrogen) atoms. The summed E-state index contributed by atoms with van der Waals surface area (Å²) in [6.45, 7) is 6.13. The van der Waals surface area contributed by atoms with Crippen LogP contribution in [0.4, 0.5) is 5.69 Å². The van der Waals surface area contributed by atoms with Crippen LogP contribution in [0.2, 0.25) is 0 Å². The standard InChI is InChI=1S/C18H26BrN3O2/c1-12(14-5-7-20-8-6-14)10-17(23)21-11-18(24)22-16-4-3-15(19)9-13(16)2/h3-4,9,12,14,20H,5-8,10-11H2,1-2H3,(H,21,23)(H,22,24). The lowest BCUT2D eigenvalue weighted by atomic mass is 9.84. The lowest BCUT2D eigenvalue weighted by Crippen LogP contribution is -2.36. The van der Waals surface area contributed by atoms with Crippen molar-refractivity contribution in [3.05, 3.63) is 28.2 Å². The topological polar surface area (TPSA) is 70.2 Å². The van der Waals surface area contributed by atoms with Crippen LogP contribution in [-0.2, 0) is 9.59 Å². The van der Waals surface area contributed by atoms with Crippen molar-refractivity contribution < 1.29 is 9.59 Å². The second-order valence-corrected chi connectivity index (χ2v) is 7.47. The number of aryl methyl sites for hydroxylation is 1. The first-order valence-corrected chi connectivity index (χ1v) is 9.28. The molecule has 1 saturated heterocycles. The van der Waals surface area contributed by atoms with Gasteiger partial charge in [-0.3, -0.25) is 9.59 Å². The monoisotopic (exact) mass is 395 g/mol. The van der Waals surface area contributed by atoms with Gasteiger partial charge in [-0.15, -0.1) is 0 Å². The lowest BCUT2D eigenvalue weighted by Gasteiger charge is -2.27. The molecule has 1 fully saturated rings. The summed E-state index contributed by atoms with van der Waals surface area (Å²) in [6, 6.07) is 5.66. The van der Waals surface area contributed by atoms with Gasteiger partial charge in [-0.25, -0.2) is 0 Å². The van der Waals surface area contributed by atoms with E-state index in [0.717, 1.165) is 41.7 Å². The van der Waals surface area contributed by atoms with Crippen LogP contribution in [0.5, 0.6) is 0 Å². The van der Waals surface area contributed by atoms with Crippen LogP contribution in [0, 0.1) is 18.8 Å². The van der Waals surface area contributed by atoms with Crippen LogP contribution < -0.4 is 16.0 Å². The minimum Gasteiger partial charge on any atom is -0.347 e. The maximum Gasteiger partial charge on any atom is 0.243 e. The Morgan fingerprint density at radius 1 is 1.29 bits per heavy atom. The van der Waals surface area contributed by atoms with E-state index >= 15 is 0 Å². The summed E-state index contributed by atoms with van der Waals surface area (Å²) in [5, 5.41) is 8.89. The van der Waals surface area contributed by atoms with E-state index in [4.69, 9.17) is 0 Å². The van der Waals surface area contributed by atoms with Gasteiger partial charge in [0.25, 0.3) is 0 Å². The summed E-state index contributed by atoms with van der Waals surface area (Å²) in [7, 11) is 0. The van der Waals surface area contributed by atoms with Gasteiger partial charge in [0, 0.05) is 16.6 Å². The van der Waals surface area contributed by atoms with E-state index in [2.05, 4.69) is 38.8 Å². The molecule has 6 heteroatoms. The average Bonchev–Trinajstić information content (AvgIpc) is 2.56. The van der Waals surface area contributed by atoms with Gasteiger partial charge in [-0.1, -0.05) is 22.9 Å². The van der Waals surface area contributed by atoms with Gasteiger partial charge in [0.15, 0.2) is 0 Å². The van der Waals surface area contributed by atoms with Crippen molar-refractivity contribution in [3.8, 4) is 0 Å². The predicted octanol–water partition coefficient (Wildman–Crippen LogP) is 2.84. The van der Waals surface area contributed by atoms with Crippen molar-refractivity contribution >= 4 is 33.4 Å². The average molecular weight is 396 g/mol. The van der Waals surface area contributed by atoms with E-state index in [9.17, 15) is 9.59 Å². The first-order valence-electron chi connectivity index (χ1n) is 8.49. The smallest absolute Gasteiger partial charge is 0.243 e. The molecule has 1 aliphatic heterocycles. The molecular formula is C18H26BrN3O2. The quantitative estimate of drug-likeness (QED) is 0.693. The van der Waals surface area contributed by atoms with E-state index in [1.54, 1.807) is 0 Å². The molecule has 132 valence electrons. The van der Waals surface area contributed by atoms with Crippen molar-refractivity contribution in [3.63, 3.8) is 0 Å². The first-order chi connectivity index (χ1) is 11.5. The van der Waals surface area contributed by atoms with Crippen molar-refractivity contribution in [1.29, 1.82) is 0 Å². The molecule has 1 aromatic rings. The molecule has 0 aromatic heterocycles. The maximum atomic E-state index is 12.1. The highest BCUT2D eigenvalue weighted by Gasteiger charge is 2.22. The van der Waals surface area contributed by atoms with Gasteiger partial charge < -0.3 is 16.0 Å². The third-order valence-corrected chi connectivity index (χ3v) is 5.10. The molecule has 1 unspecified atom stereocenters. The van der Waals surface area contributed by atoms with Gasteiger partial charge in [-0.05, 0) is 68.5 Å². The number of benzene rings is 1. The number of amides is 2. The number of rotatable bonds is 6. The van der Waals surface area contributed by atoms with Crippen LogP contribution in [0.1, 0.15) is 31.7 Å². The van der Waals surface area contributed by atoms with Crippen LogP contribution in [0.25, 0.3) is 0 Å². The number of nitrogens with one attached hydrogen (secondary N) is 3. The normalized spacial score (nSPS) is 16.5.